The van der Waals surface area contributed by atoms with Crippen molar-refractivity contribution in [1.82, 2.24) is 0 Å². The summed E-state index contributed by atoms with van der Waals surface area (Å²) in [6.07, 6.45) is 10.9. The van der Waals surface area contributed by atoms with Crippen LogP contribution in [0, 0.1) is 52.3 Å². The van der Waals surface area contributed by atoms with E-state index < -0.39 is 30.7 Å². The number of fused-ring (bicyclic) bond motifs is 5. The van der Waals surface area contributed by atoms with Gasteiger partial charge < -0.3 is 24.8 Å². The Labute approximate surface area is 232 Å². The van der Waals surface area contributed by atoms with Gasteiger partial charge in [0.05, 0.1) is 12.2 Å². The third-order valence-electron chi connectivity index (χ3n) is 13.0. The van der Waals surface area contributed by atoms with Gasteiger partial charge in [-0.1, -0.05) is 53.9 Å². The highest BCUT2D eigenvalue weighted by Crippen LogP contribution is 2.68. The molecule has 38 heavy (non-hydrogen) atoms. The Kier molecular flexibility index (Phi) is 8.66. The molecule has 1 heterocycles. The second-order valence-corrected chi connectivity index (χ2v) is 15.4. The molecule has 1 aliphatic heterocycles. The predicted molar refractivity (Wildman–Crippen MR) is 150 cm³/mol. The van der Waals surface area contributed by atoms with Gasteiger partial charge in [-0.25, -0.2) is 0 Å². The van der Waals surface area contributed by atoms with E-state index in [-0.39, 0.29) is 6.10 Å². The van der Waals surface area contributed by atoms with Crippen LogP contribution in [-0.4, -0.2) is 52.1 Å². The first-order valence-electron chi connectivity index (χ1n) is 16.3. The van der Waals surface area contributed by atoms with Crippen molar-refractivity contribution in [1.29, 1.82) is 0 Å². The minimum absolute atomic E-state index is 0.0512. The lowest BCUT2D eigenvalue weighted by Gasteiger charge is -2.61. The van der Waals surface area contributed by atoms with Crippen molar-refractivity contribution in [3.05, 3.63) is 0 Å². The van der Waals surface area contributed by atoms with E-state index in [9.17, 15) is 15.3 Å². The normalized spacial score (nSPS) is 51.8. The second-order valence-electron chi connectivity index (χ2n) is 15.4. The molecule has 5 nitrogen and oxygen atoms in total. The number of aliphatic hydroxyl groups is 3. The number of ether oxygens (including phenoxy) is 2. The molecule has 1 saturated heterocycles. The van der Waals surface area contributed by atoms with Gasteiger partial charge in [-0.05, 0) is 117 Å². The van der Waals surface area contributed by atoms with Crippen molar-refractivity contribution in [2.45, 2.75) is 155 Å². The van der Waals surface area contributed by atoms with Crippen LogP contribution in [0.2, 0.25) is 0 Å². The molecule has 4 saturated carbocycles. The van der Waals surface area contributed by atoms with Crippen LogP contribution in [0.5, 0.6) is 0 Å². The molecule has 5 heteroatoms. The number of hydrogen-bond donors (Lipinski definition) is 3. The summed E-state index contributed by atoms with van der Waals surface area (Å²) in [7, 11) is 0. The summed E-state index contributed by atoms with van der Waals surface area (Å²) >= 11 is 0. The van der Waals surface area contributed by atoms with Gasteiger partial charge in [-0.3, -0.25) is 0 Å². The van der Waals surface area contributed by atoms with Crippen LogP contribution >= 0.6 is 0 Å². The summed E-state index contributed by atoms with van der Waals surface area (Å²) in [5.41, 5.74) is 0.929. The van der Waals surface area contributed by atoms with Crippen LogP contribution in [0.3, 0.4) is 0 Å². The average molecular weight is 535 g/mol. The quantitative estimate of drug-likeness (QED) is 0.333. The summed E-state index contributed by atoms with van der Waals surface area (Å²) in [6.45, 7) is 14.3. The van der Waals surface area contributed by atoms with Crippen molar-refractivity contribution in [2.75, 3.05) is 0 Å². The molecule has 14 atom stereocenters. The Morgan fingerprint density at radius 1 is 0.816 bits per heavy atom. The maximum Gasteiger partial charge on any atom is 0.186 e. The molecule has 220 valence electrons. The number of aliphatic hydroxyl groups excluding tert-OH is 3. The highest BCUT2D eigenvalue weighted by atomic mass is 16.7. The minimum atomic E-state index is -1.22. The Hall–Kier alpha value is -0.200. The average Bonchev–Trinajstić information content (AvgIpc) is 3.23. The molecular weight excluding hydrogens is 476 g/mol. The third kappa shape index (κ3) is 5.14. The van der Waals surface area contributed by atoms with E-state index in [1.807, 2.05) is 0 Å². The van der Waals surface area contributed by atoms with Crippen LogP contribution in [0.4, 0.5) is 0 Å². The van der Waals surface area contributed by atoms with E-state index >= 15 is 0 Å². The summed E-state index contributed by atoms with van der Waals surface area (Å²) in [5, 5.41) is 30.7. The maximum atomic E-state index is 10.5. The summed E-state index contributed by atoms with van der Waals surface area (Å²) in [4.78, 5) is 0. The summed E-state index contributed by atoms with van der Waals surface area (Å²) in [6, 6.07) is 0. The monoisotopic (exact) mass is 534 g/mol. The third-order valence-corrected chi connectivity index (χ3v) is 13.0. The van der Waals surface area contributed by atoms with Crippen molar-refractivity contribution in [3.63, 3.8) is 0 Å². The smallest absolute Gasteiger partial charge is 0.186 e. The van der Waals surface area contributed by atoms with E-state index in [1.54, 1.807) is 6.92 Å². The van der Waals surface area contributed by atoms with Gasteiger partial charge >= 0.3 is 0 Å². The number of hydrogen-bond acceptors (Lipinski definition) is 5. The van der Waals surface area contributed by atoms with E-state index in [1.165, 1.54) is 64.2 Å². The van der Waals surface area contributed by atoms with Crippen molar-refractivity contribution in [2.24, 2.45) is 52.3 Å². The van der Waals surface area contributed by atoms with E-state index in [2.05, 4.69) is 34.6 Å². The lowest BCUT2D eigenvalue weighted by atomic mass is 9.44. The zero-order valence-corrected chi connectivity index (χ0v) is 25.1. The van der Waals surface area contributed by atoms with Crippen LogP contribution < -0.4 is 0 Å². The summed E-state index contributed by atoms with van der Waals surface area (Å²) < 4.78 is 12.1. The van der Waals surface area contributed by atoms with E-state index in [4.69, 9.17) is 9.47 Å². The molecule has 0 aromatic heterocycles. The molecule has 5 fully saturated rings. The van der Waals surface area contributed by atoms with E-state index in [0.29, 0.717) is 16.7 Å². The zero-order valence-electron chi connectivity index (χ0n) is 25.1. The molecule has 0 aromatic rings. The van der Waals surface area contributed by atoms with Gasteiger partial charge in [-0.2, -0.15) is 0 Å². The molecule has 5 rings (SSSR count). The highest BCUT2D eigenvalue weighted by Gasteiger charge is 2.60. The molecule has 0 radical (unpaired) electrons. The first kappa shape index (κ1) is 29.3. The van der Waals surface area contributed by atoms with Crippen LogP contribution in [0.25, 0.3) is 0 Å². The van der Waals surface area contributed by atoms with Gasteiger partial charge in [0.2, 0.25) is 0 Å². The molecule has 0 unspecified atom stereocenters. The number of rotatable bonds is 7. The van der Waals surface area contributed by atoms with Gasteiger partial charge in [0.1, 0.15) is 18.3 Å². The molecule has 4 aliphatic carbocycles. The standard InChI is InChI=1S/C33H58O5/c1-19(2)8-7-9-20(3)25-12-13-26-24-11-10-22-18-23(38-31-30(36)29(35)28(34)21(4)37-31)14-16-32(22,5)27(24)15-17-33(25,26)6/h19-31,34-36H,7-18H2,1-6H3/t20-,21+,22+,23+,24+,25-,26+,27+,28+,29+,30+,31+,32+,33-/m1/s1. The first-order valence-corrected chi connectivity index (χ1v) is 16.3. The lowest BCUT2D eigenvalue weighted by molar-refractivity contribution is -0.309. The minimum Gasteiger partial charge on any atom is -0.388 e. The lowest BCUT2D eigenvalue weighted by Crippen LogP contribution is -2.58. The van der Waals surface area contributed by atoms with Gasteiger partial charge in [-0.15, -0.1) is 0 Å². The zero-order chi connectivity index (χ0) is 27.4. The Balaban J connectivity index is 1.21. The molecule has 3 N–H and O–H groups in total. The highest BCUT2D eigenvalue weighted by molar-refractivity contribution is 5.10. The largest absolute Gasteiger partial charge is 0.388 e. The van der Waals surface area contributed by atoms with E-state index in [0.717, 1.165) is 48.3 Å². The first-order chi connectivity index (χ1) is 18.0. The SMILES string of the molecule is CC(C)CCC[C@@H](C)[C@H]1CC[C@H]2[C@@H]3CC[C@H]4C[C@@H](O[C@@H]5O[C@@H](C)[C@H](O)[C@H](O)[C@@H]5O)CC[C@]4(C)[C@H]3CC[C@]12C. The van der Waals surface area contributed by atoms with Gasteiger partial charge in [0.15, 0.2) is 6.29 Å². The fourth-order valence-corrected chi connectivity index (χ4v) is 10.7. The molecule has 0 bridgehead atoms. The predicted octanol–water partition coefficient (Wildman–Crippen LogP) is 6.32. The van der Waals surface area contributed by atoms with Crippen molar-refractivity contribution < 1.29 is 24.8 Å². The molecule has 0 spiro atoms. The Bertz CT molecular complexity index is 802. The van der Waals surface area contributed by atoms with Crippen LogP contribution in [0.15, 0.2) is 0 Å². The molecule has 0 aromatic carbocycles. The Morgan fingerprint density at radius 2 is 1.53 bits per heavy atom. The van der Waals surface area contributed by atoms with Crippen LogP contribution in [0.1, 0.15) is 119 Å². The summed E-state index contributed by atoms with van der Waals surface area (Å²) in [5.74, 6) is 5.89. The molecule has 5 aliphatic rings. The molecular formula is C33H58O5. The second kappa shape index (κ2) is 11.2. The maximum absolute atomic E-state index is 10.5. The van der Waals surface area contributed by atoms with Gasteiger partial charge in [0, 0.05) is 0 Å². The topological polar surface area (TPSA) is 79.2 Å². The fourth-order valence-electron chi connectivity index (χ4n) is 10.7. The van der Waals surface area contributed by atoms with Crippen molar-refractivity contribution in [3.8, 4) is 0 Å². The van der Waals surface area contributed by atoms with Gasteiger partial charge in [0.25, 0.3) is 0 Å². The molecule has 0 amide bonds. The van der Waals surface area contributed by atoms with Crippen LogP contribution in [-0.2, 0) is 9.47 Å². The fraction of sp³-hybridized carbons (Fsp3) is 1.00. The van der Waals surface area contributed by atoms with Crippen molar-refractivity contribution >= 4 is 0 Å². The Morgan fingerprint density at radius 3 is 2.26 bits per heavy atom.